The summed E-state index contributed by atoms with van der Waals surface area (Å²) in [5, 5.41) is 20.7. The van der Waals surface area contributed by atoms with E-state index in [1.54, 1.807) is 10.9 Å². The highest BCUT2D eigenvalue weighted by atomic mass is 79.9. The number of halogens is 2. The molecule has 0 spiro atoms. The third kappa shape index (κ3) is 3.68. The third-order valence-electron chi connectivity index (χ3n) is 2.62. The van der Waals surface area contributed by atoms with Crippen LogP contribution in [0.3, 0.4) is 0 Å². The lowest BCUT2D eigenvalue weighted by Crippen LogP contribution is -2.02. The van der Waals surface area contributed by atoms with Crippen LogP contribution >= 0.6 is 27.5 Å². The van der Waals surface area contributed by atoms with Crippen LogP contribution in [0.15, 0.2) is 22.8 Å². The minimum absolute atomic E-state index is 0.0509. The van der Waals surface area contributed by atoms with Gasteiger partial charge in [-0.3, -0.25) is 0 Å². The number of aliphatic hydroxyl groups excluding tert-OH is 1. The molecule has 0 saturated carbocycles. The van der Waals surface area contributed by atoms with Crippen molar-refractivity contribution in [3.63, 3.8) is 0 Å². The summed E-state index contributed by atoms with van der Waals surface area (Å²) in [5.74, 6) is 0. The van der Waals surface area contributed by atoms with Gasteiger partial charge in [-0.05, 0) is 40.5 Å². The van der Waals surface area contributed by atoms with E-state index in [9.17, 15) is 0 Å². The van der Waals surface area contributed by atoms with E-state index >= 15 is 0 Å². The van der Waals surface area contributed by atoms with Gasteiger partial charge in [0.1, 0.15) is 5.69 Å². The highest BCUT2D eigenvalue weighted by Gasteiger charge is 2.05. The van der Waals surface area contributed by atoms with Crippen LogP contribution in [-0.4, -0.2) is 26.7 Å². The second-order valence-corrected chi connectivity index (χ2v) is 5.39. The lowest BCUT2D eigenvalue weighted by atomic mass is 10.2. The van der Waals surface area contributed by atoms with Gasteiger partial charge >= 0.3 is 0 Å². The summed E-state index contributed by atoms with van der Waals surface area (Å²) in [4.78, 5) is 0. The molecule has 2 rings (SSSR count). The fourth-order valence-electron chi connectivity index (χ4n) is 1.60. The standard InChI is InChI=1S/C12H14BrClN4O/c1-8-4-10(13)12(5-11(8)14)15-6-9-7-18(2-3-19)17-16-9/h4-5,7,15,19H,2-3,6H2,1H3. The van der Waals surface area contributed by atoms with Crippen LogP contribution < -0.4 is 5.32 Å². The van der Waals surface area contributed by atoms with Crippen molar-refractivity contribution in [3.8, 4) is 0 Å². The molecule has 0 unspecified atom stereocenters. The zero-order chi connectivity index (χ0) is 13.8. The molecule has 0 atom stereocenters. The minimum atomic E-state index is 0.0509. The van der Waals surface area contributed by atoms with Gasteiger partial charge in [-0.2, -0.15) is 0 Å². The Labute approximate surface area is 124 Å². The highest BCUT2D eigenvalue weighted by Crippen LogP contribution is 2.29. The number of anilines is 1. The van der Waals surface area contributed by atoms with Gasteiger partial charge in [0.05, 0.1) is 31.6 Å². The van der Waals surface area contributed by atoms with Crippen LogP contribution in [0.25, 0.3) is 0 Å². The number of nitrogens with one attached hydrogen (secondary N) is 1. The smallest absolute Gasteiger partial charge is 0.102 e. The van der Waals surface area contributed by atoms with Gasteiger partial charge in [0.25, 0.3) is 0 Å². The van der Waals surface area contributed by atoms with Crippen molar-refractivity contribution in [3.05, 3.63) is 39.1 Å². The molecular formula is C12H14BrClN4O. The van der Waals surface area contributed by atoms with Crippen molar-refractivity contribution < 1.29 is 5.11 Å². The first kappa shape index (κ1) is 14.3. The number of aliphatic hydroxyl groups is 1. The number of benzene rings is 1. The van der Waals surface area contributed by atoms with E-state index in [-0.39, 0.29) is 6.61 Å². The first-order valence-corrected chi connectivity index (χ1v) is 6.96. The van der Waals surface area contributed by atoms with Gasteiger partial charge < -0.3 is 10.4 Å². The molecule has 2 N–H and O–H groups in total. The quantitative estimate of drug-likeness (QED) is 0.874. The highest BCUT2D eigenvalue weighted by molar-refractivity contribution is 9.10. The molecule has 1 aromatic heterocycles. The van der Waals surface area contributed by atoms with Gasteiger partial charge in [-0.25, -0.2) is 4.68 Å². The molecule has 2 aromatic rings. The molecule has 0 bridgehead atoms. The van der Waals surface area contributed by atoms with Crippen molar-refractivity contribution in [2.75, 3.05) is 11.9 Å². The van der Waals surface area contributed by atoms with Crippen molar-refractivity contribution in [2.45, 2.75) is 20.0 Å². The molecule has 5 nitrogen and oxygen atoms in total. The average molecular weight is 346 g/mol. The van der Waals surface area contributed by atoms with E-state index < -0.39 is 0 Å². The maximum Gasteiger partial charge on any atom is 0.102 e. The van der Waals surface area contributed by atoms with Gasteiger partial charge in [0.2, 0.25) is 0 Å². The Kier molecular flexibility index (Phi) is 4.79. The molecule has 0 aliphatic rings. The fourth-order valence-corrected chi connectivity index (χ4v) is 2.36. The number of aryl methyl sites for hydroxylation is 1. The van der Waals surface area contributed by atoms with Crippen molar-refractivity contribution in [1.82, 2.24) is 15.0 Å². The Balaban J connectivity index is 2.03. The first-order valence-electron chi connectivity index (χ1n) is 5.79. The van der Waals surface area contributed by atoms with Crippen molar-refractivity contribution in [2.24, 2.45) is 0 Å². The fraction of sp³-hybridized carbons (Fsp3) is 0.333. The number of hydrogen-bond donors (Lipinski definition) is 2. The first-order chi connectivity index (χ1) is 9.10. The molecule has 0 fully saturated rings. The van der Waals surface area contributed by atoms with Crippen LogP contribution in [-0.2, 0) is 13.1 Å². The number of aromatic nitrogens is 3. The summed E-state index contributed by atoms with van der Waals surface area (Å²) < 4.78 is 2.56. The van der Waals surface area contributed by atoms with Gasteiger partial charge in [0.15, 0.2) is 0 Å². The Bertz CT molecular complexity index is 573. The second-order valence-electron chi connectivity index (χ2n) is 4.13. The van der Waals surface area contributed by atoms with E-state index in [0.29, 0.717) is 13.1 Å². The summed E-state index contributed by atoms with van der Waals surface area (Å²) in [6.07, 6.45) is 1.80. The van der Waals surface area contributed by atoms with E-state index in [1.807, 2.05) is 19.1 Å². The maximum absolute atomic E-state index is 8.80. The average Bonchev–Trinajstić information content (AvgIpc) is 2.80. The molecule has 0 radical (unpaired) electrons. The van der Waals surface area contributed by atoms with E-state index in [0.717, 1.165) is 26.4 Å². The molecule has 102 valence electrons. The molecule has 1 aromatic carbocycles. The lowest BCUT2D eigenvalue weighted by Gasteiger charge is -2.09. The lowest BCUT2D eigenvalue weighted by molar-refractivity contribution is 0.268. The molecular weight excluding hydrogens is 332 g/mol. The molecule has 1 heterocycles. The SMILES string of the molecule is Cc1cc(Br)c(NCc2cn(CCO)nn2)cc1Cl. The maximum atomic E-state index is 8.80. The minimum Gasteiger partial charge on any atom is -0.394 e. The number of nitrogens with zero attached hydrogens (tertiary/aromatic N) is 3. The van der Waals surface area contributed by atoms with Crippen LogP contribution in [0.1, 0.15) is 11.3 Å². The van der Waals surface area contributed by atoms with Gasteiger partial charge in [-0.1, -0.05) is 16.8 Å². The summed E-state index contributed by atoms with van der Waals surface area (Å²) >= 11 is 9.58. The third-order valence-corrected chi connectivity index (χ3v) is 3.69. The van der Waals surface area contributed by atoms with Gasteiger partial charge in [0, 0.05) is 9.50 Å². The van der Waals surface area contributed by atoms with Crippen molar-refractivity contribution in [1.29, 1.82) is 0 Å². The second kappa shape index (κ2) is 6.36. The zero-order valence-electron chi connectivity index (χ0n) is 10.4. The van der Waals surface area contributed by atoms with Gasteiger partial charge in [-0.15, -0.1) is 5.10 Å². The predicted octanol–water partition coefficient (Wildman–Crippen LogP) is 2.61. The van der Waals surface area contributed by atoms with Crippen LogP contribution in [0.4, 0.5) is 5.69 Å². The summed E-state index contributed by atoms with van der Waals surface area (Å²) in [6.45, 7) is 3.00. The van der Waals surface area contributed by atoms with E-state index in [2.05, 4.69) is 31.6 Å². The Morgan fingerprint density at radius 1 is 1.47 bits per heavy atom. The van der Waals surface area contributed by atoms with Crippen LogP contribution in [0.5, 0.6) is 0 Å². The molecule has 19 heavy (non-hydrogen) atoms. The Hall–Kier alpha value is -1.11. The number of hydrogen-bond acceptors (Lipinski definition) is 4. The molecule has 0 aliphatic heterocycles. The normalized spacial score (nSPS) is 10.7. The molecule has 0 aliphatic carbocycles. The molecule has 0 amide bonds. The Morgan fingerprint density at radius 3 is 3.00 bits per heavy atom. The topological polar surface area (TPSA) is 63.0 Å². The van der Waals surface area contributed by atoms with E-state index in [4.69, 9.17) is 16.7 Å². The summed E-state index contributed by atoms with van der Waals surface area (Å²) in [5.41, 5.74) is 2.73. The molecule has 0 saturated heterocycles. The summed E-state index contributed by atoms with van der Waals surface area (Å²) in [7, 11) is 0. The Morgan fingerprint density at radius 2 is 2.26 bits per heavy atom. The van der Waals surface area contributed by atoms with Crippen LogP contribution in [0, 0.1) is 6.92 Å². The zero-order valence-corrected chi connectivity index (χ0v) is 12.7. The summed E-state index contributed by atoms with van der Waals surface area (Å²) in [6, 6.07) is 3.84. The molecule has 7 heteroatoms. The number of rotatable bonds is 5. The predicted molar refractivity (Wildman–Crippen MR) is 78.3 cm³/mol. The van der Waals surface area contributed by atoms with Crippen molar-refractivity contribution >= 4 is 33.2 Å². The largest absolute Gasteiger partial charge is 0.394 e. The van der Waals surface area contributed by atoms with Crippen LogP contribution in [0.2, 0.25) is 5.02 Å². The van der Waals surface area contributed by atoms with E-state index in [1.165, 1.54) is 0 Å². The monoisotopic (exact) mass is 344 g/mol.